The standard InChI is InChI=1S/C17H22ClN3/c1-14-19-8-10-20(14)11-12-21-9-4-6-16(21)13-15-5-2-3-7-17(15)18/h2-3,5,7-8,10,16H,4,6,9,11-13H2,1H3. The fraction of sp³-hybridized carbons (Fsp3) is 0.471. The van der Waals surface area contributed by atoms with E-state index in [9.17, 15) is 0 Å². The van der Waals surface area contributed by atoms with Crippen molar-refractivity contribution in [1.29, 1.82) is 0 Å². The molecule has 3 rings (SSSR count). The molecule has 2 aromatic rings. The third kappa shape index (κ3) is 3.47. The second-order valence-corrected chi connectivity index (χ2v) is 6.20. The Bertz CT molecular complexity index is 593. The molecule has 1 fully saturated rings. The number of benzene rings is 1. The minimum absolute atomic E-state index is 0.619. The SMILES string of the molecule is Cc1nccn1CCN1CCCC1Cc1ccccc1Cl. The van der Waals surface area contributed by atoms with E-state index in [2.05, 4.69) is 39.7 Å². The Kier molecular flexibility index (Phi) is 4.61. The molecule has 112 valence electrons. The van der Waals surface area contributed by atoms with Crippen molar-refractivity contribution in [1.82, 2.24) is 14.5 Å². The monoisotopic (exact) mass is 303 g/mol. The maximum Gasteiger partial charge on any atom is 0.105 e. The third-order valence-electron chi connectivity index (χ3n) is 4.46. The van der Waals surface area contributed by atoms with E-state index in [4.69, 9.17) is 11.6 Å². The van der Waals surface area contributed by atoms with E-state index in [0.29, 0.717) is 6.04 Å². The Hall–Kier alpha value is -1.32. The van der Waals surface area contributed by atoms with Crippen molar-refractivity contribution < 1.29 is 0 Å². The number of nitrogens with zero attached hydrogens (tertiary/aromatic N) is 3. The highest BCUT2D eigenvalue weighted by Gasteiger charge is 2.24. The van der Waals surface area contributed by atoms with E-state index in [0.717, 1.165) is 30.4 Å². The summed E-state index contributed by atoms with van der Waals surface area (Å²) < 4.78 is 2.23. The fourth-order valence-electron chi connectivity index (χ4n) is 3.21. The molecule has 2 heterocycles. The van der Waals surface area contributed by atoms with E-state index >= 15 is 0 Å². The number of imidazole rings is 1. The van der Waals surface area contributed by atoms with Crippen molar-refractivity contribution in [2.75, 3.05) is 13.1 Å². The van der Waals surface area contributed by atoms with Crippen LogP contribution in [0.2, 0.25) is 5.02 Å². The molecule has 0 radical (unpaired) electrons. The highest BCUT2D eigenvalue weighted by Crippen LogP contribution is 2.24. The summed E-state index contributed by atoms with van der Waals surface area (Å²) in [5, 5.41) is 0.898. The number of aromatic nitrogens is 2. The molecular weight excluding hydrogens is 282 g/mol. The van der Waals surface area contributed by atoms with Crippen LogP contribution in [0.4, 0.5) is 0 Å². The normalized spacial score (nSPS) is 19.2. The molecule has 0 aliphatic carbocycles. The summed E-state index contributed by atoms with van der Waals surface area (Å²) >= 11 is 6.30. The van der Waals surface area contributed by atoms with Gasteiger partial charge in [-0.3, -0.25) is 4.90 Å². The Balaban J connectivity index is 1.60. The Morgan fingerprint density at radius 1 is 1.29 bits per heavy atom. The molecule has 0 spiro atoms. The highest BCUT2D eigenvalue weighted by molar-refractivity contribution is 6.31. The molecule has 0 N–H and O–H groups in total. The predicted molar refractivity (Wildman–Crippen MR) is 86.7 cm³/mol. The van der Waals surface area contributed by atoms with Crippen molar-refractivity contribution in [3.05, 3.63) is 53.1 Å². The van der Waals surface area contributed by atoms with Gasteiger partial charge in [0.05, 0.1) is 0 Å². The zero-order valence-electron chi connectivity index (χ0n) is 12.5. The van der Waals surface area contributed by atoms with Crippen LogP contribution >= 0.6 is 11.6 Å². The zero-order valence-corrected chi connectivity index (χ0v) is 13.3. The Labute approximate surface area is 131 Å². The summed E-state index contributed by atoms with van der Waals surface area (Å²) in [6.07, 6.45) is 7.56. The maximum absolute atomic E-state index is 6.30. The van der Waals surface area contributed by atoms with Crippen molar-refractivity contribution >= 4 is 11.6 Å². The van der Waals surface area contributed by atoms with Gasteiger partial charge < -0.3 is 4.57 Å². The van der Waals surface area contributed by atoms with Gasteiger partial charge in [-0.25, -0.2) is 4.98 Å². The summed E-state index contributed by atoms with van der Waals surface area (Å²) in [6, 6.07) is 8.84. The van der Waals surface area contributed by atoms with Gasteiger partial charge in [0, 0.05) is 36.5 Å². The van der Waals surface area contributed by atoms with Gasteiger partial charge in [0.25, 0.3) is 0 Å². The lowest BCUT2D eigenvalue weighted by molar-refractivity contribution is 0.242. The largest absolute Gasteiger partial charge is 0.334 e. The van der Waals surface area contributed by atoms with Gasteiger partial charge in [-0.15, -0.1) is 0 Å². The molecule has 1 aromatic heterocycles. The van der Waals surface area contributed by atoms with Gasteiger partial charge >= 0.3 is 0 Å². The zero-order chi connectivity index (χ0) is 14.7. The molecule has 21 heavy (non-hydrogen) atoms. The van der Waals surface area contributed by atoms with Gasteiger partial charge in [0.1, 0.15) is 5.82 Å². The van der Waals surface area contributed by atoms with Gasteiger partial charge in [0.2, 0.25) is 0 Å². The minimum Gasteiger partial charge on any atom is -0.334 e. The lowest BCUT2D eigenvalue weighted by Gasteiger charge is -2.25. The first kappa shape index (κ1) is 14.6. The number of likely N-dealkylation sites (tertiary alicyclic amines) is 1. The van der Waals surface area contributed by atoms with Gasteiger partial charge in [-0.2, -0.15) is 0 Å². The van der Waals surface area contributed by atoms with Crippen molar-refractivity contribution in [3.63, 3.8) is 0 Å². The predicted octanol–water partition coefficient (Wildman–Crippen LogP) is 3.55. The number of hydrogen-bond donors (Lipinski definition) is 0. The van der Waals surface area contributed by atoms with Gasteiger partial charge in [0.15, 0.2) is 0 Å². The molecule has 4 heteroatoms. The fourth-order valence-corrected chi connectivity index (χ4v) is 3.43. The second-order valence-electron chi connectivity index (χ2n) is 5.80. The first-order valence-corrected chi connectivity index (χ1v) is 8.07. The quantitative estimate of drug-likeness (QED) is 0.842. The van der Waals surface area contributed by atoms with Crippen LogP contribution in [0.25, 0.3) is 0 Å². The Morgan fingerprint density at radius 2 is 2.14 bits per heavy atom. The van der Waals surface area contributed by atoms with E-state index < -0.39 is 0 Å². The third-order valence-corrected chi connectivity index (χ3v) is 4.83. The van der Waals surface area contributed by atoms with Crippen molar-refractivity contribution in [2.24, 2.45) is 0 Å². The average molecular weight is 304 g/mol. The number of rotatable bonds is 5. The molecular formula is C17H22ClN3. The van der Waals surface area contributed by atoms with E-state index in [-0.39, 0.29) is 0 Å². The summed E-state index contributed by atoms with van der Waals surface area (Å²) in [7, 11) is 0. The number of halogens is 1. The Morgan fingerprint density at radius 3 is 2.90 bits per heavy atom. The molecule has 0 saturated carbocycles. The maximum atomic E-state index is 6.30. The first-order valence-electron chi connectivity index (χ1n) is 7.69. The molecule has 0 bridgehead atoms. The first-order chi connectivity index (χ1) is 10.2. The topological polar surface area (TPSA) is 21.1 Å². The average Bonchev–Trinajstić information content (AvgIpc) is 3.08. The molecule has 1 saturated heterocycles. The highest BCUT2D eigenvalue weighted by atomic mass is 35.5. The molecule has 1 atom stereocenters. The molecule has 0 amide bonds. The van der Waals surface area contributed by atoms with Gasteiger partial charge in [-0.1, -0.05) is 29.8 Å². The minimum atomic E-state index is 0.619. The molecule has 1 unspecified atom stereocenters. The van der Waals surface area contributed by atoms with E-state index in [1.165, 1.54) is 24.9 Å². The van der Waals surface area contributed by atoms with Crippen LogP contribution in [0, 0.1) is 6.92 Å². The number of aryl methyl sites for hydroxylation is 1. The van der Waals surface area contributed by atoms with Crippen LogP contribution in [0.15, 0.2) is 36.7 Å². The van der Waals surface area contributed by atoms with Crippen LogP contribution < -0.4 is 0 Å². The summed E-state index contributed by atoms with van der Waals surface area (Å²) in [5.74, 6) is 1.09. The molecule has 1 aliphatic heterocycles. The number of hydrogen-bond acceptors (Lipinski definition) is 2. The summed E-state index contributed by atoms with van der Waals surface area (Å²) in [4.78, 5) is 6.89. The molecule has 3 nitrogen and oxygen atoms in total. The second kappa shape index (κ2) is 6.63. The van der Waals surface area contributed by atoms with Crippen LogP contribution in [0.3, 0.4) is 0 Å². The van der Waals surface area contributed by atoms with Crippen molar-refractivity contribution in [2.45, 2.75) is 38.8 Å². The van der Waals surface area contributed by atoms with E-state index in [1.807, 2.05) is 18.3 Å². The molecule has 1 aromatic carbocycles. The van der Waals surface area contributed by atoms with Crippen molar-refractivity contribution in [3.8, 4) is 0 Å². The lowest BCUT2D eigenvalue weighted by Crippen LogP contribution is -2.34. The van der Waals surface area contributed by atoms with Crippen LogP contribution in [0.1, 0.15) is 24.2 Å². The van der Waals surface area contributed by atoms with Crippen LogP contribution in [-0.2, 0) is 13.0 Å². The van der Waals surface area contributed by atoms with Crippen LogP contribution in [0.5, 0.6) is 0 Å². The summed E-state index contributed by atoms with van der Waals surface area (Å²) in [5.41, 5.74) is 1.27. The van der Waals surface area contributed by atoms with Gasteiger partial charge in [-0.05, 0) is 44.4 Å². The summed E-state index contributed by atoms with van der Waals surface area (Å²) in [6.45, 7) is 5.37. The lowest BCUT2D eigenvalue weighted by atomic mass is 10.0. The molecule has 1 aliphatic rings. The van der Waals surface area contributed by atoms with E-state index in [1.54, 1.807) is 0 Å². The smallest absolute Gasteiger partial charge is 0.105 e. The van der Waals surface area contributed by atoms with Crippen LogP contribution in [-0.4, -0.2) is 33.6 Å².